The summed E-state index contributed by atoms with van der Waals surface area (Å²) in [5.41, 5.74) is 8.14. The number of hydrogen-bond acceptors (Lipinski definition) is 6. The smallest absolute Gasteiger partial charge is 0.266 e. The summed E-state index contributed by atoms with van der Waals surface area (Å²) < 4.78 is 8.77. The minimum Gasteiger partial charge on any atom is -0.421 e. The van der Waals surface area contributed by atoms with E-state index < -0.39 is 5.41 Å². The first kappa shape index (κ1) is 17.9. The average molecular weight is 473 g/mol. The molecule has 0 saturated heterocycles. The SMILES string of the molecule is Cc1nn(Br)c2c1[C@@]1(C(C#N)=C(N)O2)c2ccccc2-n2c1nc1ccccc1c2=O. The van der Waals surface area contributed by atoms with Gasteiger partial charge in [-0.15, -0.1) is 0 Å². The third-order valence-electron chi connectivity index (χ3n) is 5.96. The topological polar surface area (TPSA) is 112 Å². The highest BCUT2D eigenvalue weighted by atomic mass is 79.9. The second-order valence-electron chi connectivity index (χ2n) is 7.44. The maximum absolute atomic E-state index is 13.6. The number of fused-ring (bicyclic) bond motifs is 8. The molecule has 0 saturated carbocycles. The Morgan fingerprint density at radius 1 is 1.19 bits per heavy atom. The van der Waals surface area contributed by atoms with E-state index in [9.17, 15) is 10.1 Å². The van der Waals surface area contributed by atoms with Gasteiger partial charge < -0.3 is 10.5 Å². The van der Waals surface area contributed by atoms with E-state index in [-0.39, 0.29) is 17.0 Å². The monoisotopic (exact) mass is 472 g/mol. The zero-order valence-electron chi connectivity index (χ0n) is 16.1. The molecule has 2 aliphatic rings. The molecule has 0 aliphatic carbocycles. The molecule has 150 valence electrons. The maximum Gasteiger partial charge on any atom is 0.266 e. The zero-order chi connectivity index (χ0) is 21.5. The predicted molar refractivity (Wildman–Crippen MR) is 116 cm³/mol. The molecule has 2 aliphatic heterocycles. The Bertz CT molecular complexity index is 1590. The molecule has 0 unspecified atom stereocenters. The van der Waals surface area contributed by atoms with Crippen molar-refractivity contribution >= 4 is 27.1 Å². The van der Waals surface area contributed by atoms with Crippen molar-refractivity contribution < 1.29 is 4.74 Å². The van der Waals surface area contributed by atoms with E-state index in [0.29, 0.717) is 39.6 Å². The third-order valence-corrected chi connectivity index (χ3v) is 6.44. The van der Waals surface area contributed by atoms with Crippen LogP contribution in [0.4, 0.5) is 0 Å². The molecule has 0 amide bonds. The number of benzene rings is 2. The van der Waals surface area contributed by atoms with Crippen molar-refractivity contribution in [1.82, 2.24) is 18.4 Å². The number of aromatic nitrogens is 4. The molecule has 0 radical (unpaired) electrons. The molecule has 2 aromatic heterocycles. The Labute approximate surface area is 184 Å². The Hall–Kier alpha value is -3.90. The number of allylic oxidation sites excluding steroid dienone is 1. The highest BCUT2D eigenvalue weighted by Gasteiger charge is 2.57. The lowest BCUT2D eigenvalue weighted by atomic mass is 9.68. The van der Waals surface area contributed by atoms with Gasteiger partial charge in [-0.2, -0.15) is 14.1 Å². The number of halogens is 1. The standard InChI is InChI=1S/C22H13BrN6O2/c1-11-17-20(29(23)27-11)31-18(25)14(10-24)22(17)13-7-3-5-9-16(13)28-19(30)12-6-2-4-8-15(12)26-21(22)28/h2-9H,25H2,1H3/t22-/m0/s1. The van der Waals surface area contributed by atoms with E-state index >= 15 is 0 Å². The van der Waals surface area contributed by atoms with Gasteiger partial charge in [-0.05, 0) is 25.1 Å². The van der Waals surface area contributed by atoms with Crippen LogP contribution in [0, 0.1) is 18.3 Å². The first-order chi connectivity index (χ1) is 15.0. The average Bonchev–Trinajstić information content (AvgIpc) is 3.21. The molecule has 1 spiro atoms. The summed E-state index contributed by atoms with van der Waals surface area (Å²) in [6, 6.07) is 16.9. The van der Waals surface area contributed by atoms with Crippen molar-refractivity contribution in [3.8, 4) is 17.6 Å². The van der Waals surface area contributed by atoms with Gasteiger partial charge in [0, 0.05) is 5.56 Å². The van der Waals surface area contributed by atoms with Gasteiger partial charge >= 0.3 is 0 Å². The molecule has 31 heavy (non-hydrogen) atoms. The van der Waals surface area contributed by atoms with Crippen LogP contribution in [0.5, 0.6) is 5.88 Å². The van der Waals surface area contributed by atoms with E-state index in [2.05, 4.69) is 27.3 Å². The molecule has 2 aromatic carbocycles. The lowest BCUT2D eigenvalue weighted by Crippen LogP contribution is -2.39. The number of nitriles is 1. The zero-order valence-corrected chi connectivity index (χ0v) is 17.7. The fourth-order valence-electron chi connectivity index (χ4n) is 4.81. The summed E-state index contributed by atoms with van der Waals surface area (Å²) in [6.45, 7) is 1.82. The molecular formula is C22H13BrN6O2. The van der Waals surface area contributed by atoms with Gasteiger partial charge in [0.1, 0.15) is 22.9 Å². The van der Waals surface area contributed by atoms with Crippen LogP contribution in [0.1, 0.15) is 22.6 Å². The second kappa shape index (κ2) is 5.83. The van der Waals surface area contributed by atoms with Crippen LogP contribution in [0.15, 0.2) is 64.8 Å². The molecule has 2 N–H and O–H groups in total. The molecule has 6 rings (SSSR count). The van der Waals surface area contributed by atoms with Gasteiger partial charge in [0.05, 0.1) is 44.0 Å². The van der Waals surface area contributed by atoms with E-state index in [1.807, 2.05) is 37.3 Å². The number of hydrogen-bond donors (Lipinski definition) is 1. The minimum atomic E-state index is -1.23. The highest BCUT2D eigenvalue weighted by Crippen LogP contribution is 2.56. The van der Waals surface area contributed by atoms with Crippen LogP contribution in [0.2, 0.25) is 0 Å². The summed E-state index contributed by atoms with van der Waals surface area (Å²) in [6.07, 6.45) is 0. The molecule has 4 aromatic rings. The third kappa shape index (κ3) is 1.95. The Balaban J connectivity index is 1.92. The second-order valence-corrected chi connectivity index (χ2v) is 8.11. The van der Waals surface area contributed by atoms with Gasteiger partial charge in [0.2, 0.25) is 11.8 Å². The summed E-state index contributed by atoms with van der Waals surface area (Å²) in [4.78, 5) is 18.5. The molecule has 4 heterocycles. The van der Waals surface area contributed by atoms with Crippen LogP contribution in [-0.2, 0) is 5.41 Å². The first-order valence-electron chi connectivity index (χ1n) is 9.46. The number of nitrogens with two attached hydrogens (primary N) is 1. The van der Waals surface area contributed by atoms with Gasteiger partial charge in [-0.3, -0.25) is 9.36 Å². The van der Waals surface area contributed by atoms with E-state index in [1.165, 1.54) is 3.71 Å². The highest BCUT2D eigenvalue weighted by molar-refractivity contribution is 9.08. The number of ether oxygens (including phenoxy) is 1. The molecule has 9 heteroatoms. The van der Waals surface area contributed by atoms with Gasteiger partial charge in [-0.1, -0.05) is 30.3 Å². The fourth-order valence-corrected chi connectivity index (χ4v) is 5.29. The summed E-state index contributed by atoms with van der Waals surface area (Å²) >= 11 is 3.37. The predicted octanol–water partition coefficient (Wildman–Crippen LogP) is 2.78. The Kier molecular flexibility index (Phi) is 3.37. The van der Waals surface area contributed by atoms with Crippen LogP contribution < -0.4 is 16.0 Å². The Morgan fingerprint density at radius 2 is 1.94 bits per heavy atom. The molecule has 1 atom stereocenters. The van der Waals surface area contributed by atoms with Crippen LogP contribution >= 0.6 is 16.1 Å². The van der Waals surface area contributed by atoms with Crippen molar-refractivity contribution in [3.05, 3.63) is 93.0 Å². The normalized spacial score (nSPS) is 18.5. The van der Waals surface area contributed by atoms with E-state index in [1.54, 1.807) is 22.8 Å². The summed E-state index contributed by atoms with van der Waals surface area (Å²) in [5, 5.41) is 15.2. The van der Waals surface area contributed by atoms with Crippen LogP contribution in [0.3, 0.4) is 0 Å². The van der Waals surface area contributed by atoms with E-state index in [4.69, 9.17) is 15.5 Å². The number of nitrogens with zero attached hydrogens (tertiary/aromatic N) is 5. The van der Waals surface area contributed by atoms with Crippen molar-refractivity contribution in [3.63, 3.8) is 0 Å². The van der Waals surface area contributed by atoms with Crippen molar-refractivity contribution in [2.24, 2.45) is 5.73 Å². The summed E-state index contributed by atoms with van der Waals surface area (Å²) in [5.74, 6) is 0.686. The minimum absolute atomic E-state index is 0.0544. The van der Waals surface area contributed by atoms with E-state index in [0.717, 1.165) is 5.56 Å². The van der Waals surface area contributed by atoms with Crippen LogP contribution in [0.25, 0.3) is 16.6 Å². The number of para-hydroxylation sites is 2. The summed E-state index contributed by atoms with van der Waals surface area (Å²) in [7, 11) is 0. The van der Waals surface area contributed by atoms with Crippen molar-refractivity contribution in [1.29, 1.82) is 5.26 Å². The van der Waals surface area contributed by atoms with Gasteiger partial charge in [0.15, 0.2) is 0 Å². The Morgan fingerprint density at radius 3 is 2.74 bits per heavy atom. The van der Waals surface area contributed by atoms with Crippen molar-refractivity contribution in [2.45, 2.75) is 12.3 Å². The first-order valence-corrected chi connectivity index (χ1v) is 10.2. The lowest BCUT2D eigenvalue weighted by molar-refractivity contribution is 0.362. The molecule has 0 bridgehead atoms. The van der Waals surface area contributed by atoms with Gasteiger partial charge in [0.25, 0.3) is 5.56 Å². The molecular weight excluding hydrogens is 460 g/mol. The number of aryl methyl sites for hydroxylation is 1. The molecule has 8 nitrogen and oxygen atoms in total. The molecule has 0 fully saturated rings. The number of rotatable bonds is 0. The fraction of sp³-hybridized carbons (Fsp3) is 0.0909. The van der Waals surface area contributed by atoms with Gasteiger partial charge in [-0.25, -0.2) is 4.98 Å². The van der Waals surface area contributed by atoms with Crippen molar-refractivity contribution in [2.75, 3.05) is 0 Å². The lowest BCUT2D eigenvalue weighted by Gasteiger charge is -2.33. The maximum atomic E-state index is 13.6. The quantitative estimate of drug-likeness (QED) is 0.421. The largest absolute Gasteiger partial charge is 0.421 e. The van der Waals surface area contributed by atoms with Crippen LogP contribution in [-0.4, -0.2) is 18.4 Å².